The Labute approximate surface area is 141 Å². The Kier molecular flexibility index (Phi) is 19.6. The summed E-state index contributed by atoms with van der Waals surface area (Å²) in [5, 5.41) is 0. The molecule has 0 fully saturated rings. The molecular weight excluding hydrogens is 383 g/mol. The van der Waals surface area contributed by atoms with E-state index in [1.807, 2.05) is 0 Å². The summed E-state index contributed by atoms with van der Waals surface area (Å²) < 4.78 is 67.9. The molecule has 0 N–H and O–H groups in total. The maximum Gasteiger partial charge on any atom is 0.108 e. The van der Waals surface area contributed by atoms with Gasteiger partial charge in [0.25, 0.3) is 0 Å². The van der Waals surface area contributed by atoms with Crippen LogP contribution in [0.15, 0.2) is 0 Å². The number of hydrogen-bond acceptors (Lipinski definition) is 8. The van der Waals surface area contributed by atoms with Gasteiger partial charge in [0.1, 0.15) is 23.0 Å². The minimum atomic E-state index is -4.94. The molecule has 0 bridgehead atoms. The summed E-state index contributed by atoms with van der Waals surface area (Å²) in [5.41, 5.74) is 0. The van der Waals surface area contributed by atoms with Crippen molar-refractivity contribution in [2.75, 3.05) is 35.5 Å². The third kappa shape index (κ3) is 58.4. The monoisotopic (exact) mass is 406 g/mol. The highest BCUT2D eigenvalue weighted by Crippen LogP contribution is 2.01. The van der Waals surface area contributed by atoms with E-state index in [1.165, 1.54) is 35.9 Å². The maximum atomic E-state index is 8.49. The van der Waals surface area contributed by atoms with Crippen LogP contribution in [0.5, 0.6) is 0 Å². The second kappa shape index (κ2) is 15.5. The lowest BCUT2D eigenvalue weighted by Crippen LogP contribution is -2.68. The summed E-state index contributed by atoms with van der Waals surface area (Å²) >= 11 is 0. The van der Waals surface area contributed by atoms with E-state index < -0.39 is 20.5 Å². The van der Waals surface area contributed by atoms with E-state index in [0.717, 1.165) is 0 Å². The molecule has 0 aromatic carbocycles. The zero-order chi connectivity index (χ0) is 18.4. The molecule has 0 spiro atoms. The van der Waals surface area contributed by atoms with Gasteiger partial charge in [0.05, 0.1) is 12.5 Å². The van der Waals surface area contributed by atoms with Crippen LogP contribution in [0.3, 0.4) is 0 Å². The molecule has 12 heteroatoms. The fraction of sp³-hybridized carbons (Fsp3) is 1.00. The molecule has 0 aliphatic carbocycles. The standard InChI is InChI=1S/C10H24S2.2ClHO4/c1-5-11(3)9-7-8-10-12(4)6-2;2*2-1(3,4)5/h5-10H2,1-4H3;2*(H,2,3,4,5)/q+2;;/p-2. The van der Waals surface area contributed by atoms with Crippen molar-refractivity contribution < 1.29 is 57.8 Å². The van der Waals surface area contributed by atoms with Gasteiger partial charge in [-0.05, 0) is 48.5 Å². The van der Waals surface area contributed by atoms with E-state index >= 15 is 0 Å². The van der Waals surface area contributed by atoms with Gasteiger partial charge in [-0.15, -0.1) is 20.5 Å². The van der Waals surface area contributed by atoms with E-state index in [9.17, 15) is 0 Å². The Balaban J connectivity index is -0.000000298. The number of unbranched alkanes of at least 4 members (excludes halogenated alkanes) is 1. The van der Waals surface area contributed by atoms with E-state index in [2.05, 4.69) is 26.4 Å². The van der Waals surface area contributed by atoms with Gasteiger partial charge in [0, 0.05) is 0 Å². The summed E-state index contributed by atoms with van der Waals surface area (Å²) in [4.78, 5) is 0. The minimum absolute atomic E-state index is 0.709. The molecule has 0 aliphatic rings. The first kappa shape index (κ1) is 27.8. The van der Waals surface area contributed by atoms with Gasteiger partial charge in [-0.25, -0.2) is 37.3 Å². The first-order valence-corrected chi connectivity index (χ1v) is 12.5. The largest absolute Gasteiger partial charge is 0.222 e. The minimum Gasteiger partial charge on any atom is -0.222 e. The van der Waals surface area contributed by atoms with E-state index in [0.29, 0.717) is 21.8 Å². The Morgan fingerprint density at radius 3 is 0.909 bits per heavy atom. The van der Waals surface area contributed by atoms with Crippen LogP contribution in [-0.2, 0) is 21.8 Å². The van der Waals surface area contributed by atoms with Crippen molar-refractivity contribution in [1.29, 1.82) is 0 Å². The summed E-state index contributed by atoms with van der Waals surface area (Å²) in [6.45, 7) is 4.61. The highest BCUT2D eigenvalue weighted by Gasteiger charge is 2.10. The van der Waals surface area contributed by atoms with E-state index in [1.54, 1.807) is 0 Å². The van der Waals surface area contributed by atoms with Crippen molar-refractivity contribution in [1.82, 2.24) is 0 Å². The first-order valence-electron chi connectivity index (χ1n) is 6.12. The van der Waals surface area contributed by atoms with Crippen molar-refractivity contribution in [2.24, 2.45) is 0 Å². The van der Waals surface area contributed by atoms with Gasteiger partial charge in [-0.2, -0.15) is 0 Å². The van der Waals surface area contributed by atoms with Crippen LogP contribution in [0.2, 0.25) is 0 Å². The molecular formula is C10H24Cl2O8S2. The Bertz CT molecular complexity index is 202. The second-order valence-electron chi connectivity index (χ2n) is 4.01. The normalized spacial score (nSPS) is 14.2. The first-order chi connectivity index (χ1) is 9.70. The average molecular weight is 407 g/mol. The smallest absolute Gasteiger partial charge is 0.108 e. The molecule has 0 aliphatic heterocycles. The van der Waals surface area contributed by atoms with Crippen LogP contribution >= 0.6 is 0 Å². The van der Waals surface area contributed by atoms with Crippen molar-refractivity contribution in [3.8, 4) is 0 Å². The molecule has 2 unspecified atom stereocenters. The third-order valence-corrected chi connectivity index (χ3v) is 6.16. The SMILES string of the molecule is CC[S+](C)CCCC[S+](C)CC.[O-][Cl+3]([O-])([O-])[O-].[O-][Cl+3]([O-])([O-])[O-]. The summed E-state index contributed by atoms with van der Waals surface area (Å²) in [7, 11) is -8.47. The predicted octanol–water partition coefficient (Wildman–Crippen LogP) is -7.21. The summed E-state index contributed by atoms with van der Waals surface area (Å²) in [5.74, 6) is 5.70. The molecule has 138 valence electrons. The van der Waals surface area contributed by atoms with Crippen molar-refractivity contribution in [3.05, 3.63) is 0 Å². The second-order valence-corrected chi connectivity index (χ2v) is 10.6. The lowest BCUT2D eigenvalue weighted by atomic mass is 10.4. The van der Waals surface area contributed by atoms with Crippen molar-refractivity contribution in [2.45, 2.75) is 26.7 Å². The van der Waals surface area contributed by atoms with E-state index in [4.69, 9.17) is 37.3 Å². The lowest BCUT2D eigenvalue weighted by molar-refractivity contribution is -2.00. The topological polar surface area (TPSA) is 184 Å². The van der Waals surface area contributed by atoms with Crippen molar-refractivity contribution in [3.63, 3.8) is 0 Å². The molecule has 0 amide bonds. The van der Waals surface area contributed by atoms with Gasteiger partial charge >= 0.3 is 0 Å². The molecule has 8 nitrogen and oxygen atoms in total. The molecule has 0 aromatic heterocycles. The van der Waals surface area contributed by atoms with Gasteiger partial charge < -0.3 is 0 Å². The van der Waals surface area contributed by atoms with Crippen LogP contribution in [0.1, 0.15) is 26.7 Å². The Hall–Kier alpha value is 0.960. The summed E-state index contributed by atoms with van der Waals surface area (Å²) in [6.07, 6.45) is 7.71. The van der Waals surface area contributed by atoms with E-state index in [-0.39, 0.29) is 0 Å². The number of rotatable bonds is 7. The Morgan fingerprint density at radius 1 is 0.591 bits per heavy atom. The molecule has 0 saturated carbocycles. The number of hydrogen-bond donors (Lipinski definition) is 0. The molecule has 2 atom stereocenters. The van der Waals surface area contributed by atoms with Gasteiger partial charge in [-0.3, -0.25) is 0 Å². The average Bonchev–Trinajstić information content (AvgIpc) is 2.29. The van der Waals surface area contributed by atoms with Crippen LogP contribution in [0.25, 0.3) is 0 Å². The highest BCUT2D eigenvalue weighted by atomic mass is 35.7. The molecule has 0 heterocycles. The Morgan fingerprint density at radius 2 is 0.773 bits per heavy atom. The third-order valence-electron chi connectivity index (χ3n) is 2.22. The number of halogens is 2. The molecule has 0 rings (SSSR count). The lowest BCUT2D eigenvalue weighted by Gasteiger charge is -2.17. The van der Waals surface area contributed by atoms with Crippen molar-refractivity contribution >= 4 is 21.8 Å². The quantitative estimate of drug-likeness (QED) is 0.294. The highest BCUT2D eigenvalue weighted by molar-refractivity contribution is 7.96. The van der Waals surface area contributed by atoms with Gasteiger partial charge in [0.15, 0.2) is 0 Å². The predicted molar refractivity (Wildman–Crippen MR) is 66.6 cm³/mol. The van der Waals surface area contributed by atoms with Crippen LogP contribution in [0, 0.1) is 20.5 Å². The summed E-state index contributed by atoms with van der Waals surface area (Å²) in [6, 6.07) is 0. The fourth-order valence-corrected chi connectivity index (χ4v) is 2.96. The molecule has 0 saturated heterocycles. The maximum absolute atomic E-state index is 8.49. The van der Waals surface area contributed by atoms with Crippen LogP contribution in [0.4, 0.5) is 0 Å². The zero-order valence-electron chi connectivity index (χ0n) is 13.1. The molecule has 22 heavy (non-hydrogen) atoms. The fourth-order valence-electron chi connectivity index (χ4n) is 0.986. The molecule has 0 radical (unpaired) electrons. The van der Waals surface area contributed by atoms with Gasteiger partial charge in [-0.1, -0.05) is 0 Å². The van der Waals surface area contributed by atoms with Crippen LogP contribution in [-0.4, -0.2) is 35.5 Å². The zero-order valence-corrected chi connectivity index (χ0v) is 16.2. The van der Waals surface area contributed by atoms with Gasteiger partial charge in [0.2, 0.25) is 0 Å². The molecule has 0 aromatic rings. The van der Waals surface area contributed by atoms with Crippen LogP contribution < -0.4 is 37.3 Å².